The number of halogens is 1. The minimum absolute atomic E-state index is 0.0770. The van der Waals surface area contributed by atoms with E-state index in [2.05, 4.69) is 4.99 Å². The van der Waals surface area contributed by atoms with Gasteiger partial charge in [-0.3, -0.25) is 14.7 Å². The van der Waals surface area contributed by atoms with E-state index < -0.39 is 0 Å². The number of hydrogen-bond acceptors (Lipinski definition) is 4. The molecule has 0 atom stereocenters. The third kappa shape index (κ3) is 4.30. The van der Waals surface area contributed by atoms with Crippen LogP contribution < -0.4 is 4.90 Å². The van der Waals surface area contributed by atoms with Gasteiger partial charge in [0.05, 0.1) is 18.0 Å². The monoisotopic (exact) mass is 371 g/mol. The standard InChI is InChI=1S/C20H22ClN3O2/c1-23(2)10-11-26-14-24-18-9-8-16(21)12-17(18)20(22-13-19(24)25)15-6-4-3-5-7-15/h3-9,12H,10-11,13-14H2,1-2H3. The zero-order valence-electron chi connectivity index (χ0n) is 15.0. The lowest BCUT2D eigenvalue weighted by Crippen LogP contribution is -2.35. The number of benzene rings is 2. The predicted molar refractivity (Wildman–Crippen MR) is 105 cm³/mol. The molecule has 1 amide bonds. The Kier molecular flexibility index (Phi) is 6.04. The van der Waals surface area contributed by atoms with Crippen LogP contribution in [-0.4, -0.2) is 57.0 Å². The lowest BCUT2D eigenvalue weighted by Gasteiger charge is -2.23. The Morgan fingerprint density at radius 2 is 1.96 bits per heavy atom. The first kappa shape index (κ1) is 18.6. The molecule has 2 aromatic carbocycles. The number of fused-ring (bicyclic) bond motifs is 1. The molecule has 6 heteroatoms. The van der Waals surface area contributed by atoms with Crippen molar-refractivity contribution in [1.29, 1.82) is 0 Å². The maximum Gasteiger partial charge on any atom is 0.250 e. The predicted octanol–water partition coefficient (Wildman–Crippen LogP) is 3.06. The molecule has 136 valence electrons. The summed E-state index contributed by atoms with van der Waals surface area (Å²) >= 11 is 6.23. The van der Waals surface area contributed by atoms with Gasteiger partial charge in [-0.25, -0.2) is 0 Å². The molecule has 1 aliphatic heterocycles. The van der Waals surface area contributed by atoms with E-state index in [1.54, 1.807) is 11.0 Å². The van der Waals surface area contributed by atoms with Crippen LogP contribution in [0.1, 0.15) is 11.1 Å². The Morgan fingerprint density at radius 3 is 2.69 bits per heavy atom. The van der Waals surface area contributed by atoms with E-state index in [9.17, 15) is 4.79 Å². The summed E-state index contributed by atoms with van der Waals surface area (Å²) in [6.45, 7) is 1.61. The second-order valence-corrected chi connectivity index (χ2v) is 6.79. The average molecular weight is 372 g/mol. The number of likely N-dealkylation sites (N-methyl/N-ethyl adjacent to an activating group) is 1. The van der Waals surface area contributed by atoms with Crippen molar-refractivity contribution in [2.45, 2.75) is 0 Å². The molecule has 1 heterocycles. The van der Waals surface area contributed by atoms with Gasteiger partial charge in [-0.05, 0) is 32.3 Å². The molecule has 0 spiro atoms. The fourth-order valence-corrected chi connectivity index (χ4v) is 2.94. The molecule has 0 aliphatic carbocycles. The van der Waals surface area contributed by atoms with Gasteiger partial charge in [-0.1, -0.05) is 41.9 Å². The number of carbonyl (C=O) groups is 1. The highest BCUT2D eigenvalue weighted by Gasteiger charge is 2.25. The molecule has 5 nitrogen and oxygen atoms in total. The first-order valence-electron chi connectivity index (χ1n) is 8.49. The molecular weight excluding hydrogens is 350 g/mol. The van der Waals surface area contributed by atoms with Gasteiger partial charge in [-0.15, -0.1) is 0 Å². The largest absolute Gasteiger partial charge is 0.359 e. The van der Waals surface area contributed by atoms with E-state index in [0.29, 0.717) is 11.6 Å². The topological polar surface area (TPSA) is 45.1 Å². The Balaban J connectivity index is 1.93. The zero-order chi connectivity index (χ0) is 18.5. The fraction of sp³-hybridized carbons (Fsp3) is 0.300. The number of aliphatic imine (C=N–C) groups is 1. The molecule has 0 unspecified atom stereocenters. The maximum atomic E-state index is 12.7. The molecule has 0 aromatic heterocycles. The summed E-state index contributed by atoms with van der Waals surface area (Å²) in [5.41, 5.74) is 3.33. The van der Waals surface area contributed by atoms with Gasteiger partial charge in [0.15, 0.2) is 0 Å². The number of hydrogen-bond donors (Lipinski definition) is 0. The highest BCUT2D eigenvalue weighted by molar-refractivity contribution is 6.32. The van der Waals surface area contributed by atoms with E-state index in [1.807, 2.05) is 61.5 Å². The molecular formula is C20H22ClN3O2. The molecule has 0 saturated carbocycles. The van der Waals surface area contributed by atoms with Crippen molar-refractivity contribution < 1.29 is 9.53 Å². The van der Waals surface area contributed by atoms with Crippen molar-refractivity contribution in [1.82, 2.24) is 4.90 Å². The number of ether oxygens (including phenoxy) is 1. The van der Waals surface area contributed by atoms with Gasteiger partial charge in [0.1, 0.15) is 13.3 Å². The van der Waals surface area contributed by atoms with Crippen molar-refractivity contribution >= 4 is 28.9 Å². The number of rotatable bonds is 6. The van der Waals surface area contributed by atoms with Crippen LogP contribution in [-0.2, 0) is 9.53 Å². The molecule has 0 N–H and O–H groups in total. The molecule has 0 bridgehead atoms. The fourth-order valence-electron chi connectivity index (χ4n) is 2.77. The van der Waals surface area contributed by atoms with Crippen molar-refractivity contribution in [2.24, 2.45) is 4.99 Å². The first-order valence-corrected chi connectivity index (χ1v) is 8.86. The van der Waals surface area contributed by atoms with E-state index in [-0.39, 0.29) is 19.2 Å². The second kappa shape index (κ2) is 8.45. The summed E-state index contributed by atoms with van der Waals surface area (Å²) in [5, 5.41) is 0.607. The van der Waals surface area contributed by atoms with Gasteiger partial charge >= 0.3 is 0 Å². The van der Waals surface area contributed by atoms with E-state index in [4.69, 9.17) is 16.3 Å². The Morgan fingerprint density at radius 1 is 1.19 bits per heavy atom. The minimum atomic E-state index is -0.0932. The zero-order valence-corrected chi connectivity index (χ0v) is 15.7. The van der Waals surface area contributed by atoms with E-state index >= 15 is 0 Å². The molecule has 1 aliphatic rings. The minimum Gasteiger partial charge on any atom is -0.359 e. The van der Waals surface area contributed by atoms with Crippen LogP contribution in [0.5, 0.6) is 0 Å². The van der Waals surface area contributed by atoms with Crippen LogP contribution in [0.2, 0.25) is 5.02 Å². The van der Waals surface area contributed by atoms with Crippen LogP contribution >= 0.6 is 11.6 Å². The van der Waals surface area contributed by atoms with Crippen molar-refractivity contribution in [3.05, 3.63) is 64.7 Å². The van der Waals surface area contributed by atoms with Gasteiger partial charge < -0.3 is 9.64 Å². The van der Waals surface area contributed by atoms with E-state index in [1.165, 1.54) is 0 Å². The summed E-state index contributed by atoms with van der Waals surface area (Å²) in [5.74, 6) is -0.0932. The summed E-state index contributed by atoms with van der Waals surface area (Å²) in [6.07, 6.45) is 0. The van der Waals surface area contributed by atoms with Gasteiger partial charge in [0, 0.05) is 22.7 Å². The molecule has 0 radical (unpaired) electrons. The molecule has 0 fully saturated rings. The van der Waals surface area contributed by atoms with Gasteiger partial charge in [0.2, 0.25) is 0 Å². The van der Waals surface area contributed by atoms with Crippen LogP contribution in [0.25, 0.3) is 0 Å². The lowest BCUT2D eigenvalue weighted by atomic mass is 10.0. The second-order valence-electron chi connectivity index (χ2n) is 6.35. The van der Waals surface area contributed by atoms with Gasteiger partial charge in [-0.2, -0.15) is 0 Å². The quantitative estimate of drug-likeness (QED) is 0.733. The molecule has 0 saturated heterocycles. The molecule has 2 aromatic rings. The van der Waals surface area contributed by atoms with Crippen LogP contribution in [0, 0.1) is 0 Å². The summed E-state index contributed by atoms with van der Waals surface area (Å²) in [6, 6.07) is 15.3. The SMILES string of the molecule is CN(C)CCOCN1C(=O)CN=C(c2ccccc2)c2cc(Cl)ccc21. The number of anilines is 1. The Hall–Kier alpha value is -2.21. The number of carbonyl (C=O) groups excluding carboxylic acids is 1. The van der Waals surface area contributed by atoms with Gasteiger partial charge in [0.25, 0.3) is 5.91 Å². The first-order chi connectivity index (χ1) is 12.6. The summed E-state index contributed by atoms with van der Waals surface area (Å²) in [7, 11) is 3.97. The molecule has 26 heavy (non-hydrogen) atoms. The van der Waals surface area contributed by atoms with Crippen LogP contribution in [0.15, 0.2) is 53.5 Å². The molecule has 3 rings (SSSR count). The highest BCUT2D eigenvalue weighted by Crippen LogP contribution is 2.29. The Labute approximate surface area is 158 Å². The van der Waals surface area contributed by atoms with Crippen LogP contribution in [0.3, 0.4) is 0 Å². The van der Waals surface area contributed by atoms with Crippen LogP contribution in [0.4, 0.5) is 5.69 Å². The maximum absolute atomic E-state index is 12.7. The summed E-state index contributed by atoms with van der Waals surface area (Å²) in [4.78, 5) is 20.9. The number of amides is 1. The number of benzodiazepines with no additional fused rings is 1. The third-order valence-corrected chi connectivity index (χ3v) is 4.36. The van der Waals surface area contributed by atoms with Crippen molar-refractivity contribution in [3.63, 3.8) is 0 Å². The smallest absolute Gasteiger partial charge is 0.250 e. The van der Waals surface area contributed by atoms with E-state index in [0.717, 1.165) is 29.1 Å². The summed E-state index contributed by atoms with van der Waals surface area (Å²) < 4.78 is 5.72. The Bertz CT molecular complexity index is 806. The third-order valence-electron chi connectivity index (χ3n) is 4.13. The normalized spacial score (nSPS) is 14.2. The van der Waals surface area contributed by atoms with Crippen molar-refractivity contribution in [2.75, 3.05) is 45.4 Å². The highest BCUT2D eigenvalue weighted by atomic mass is 35.5. The average Bonchev–Trinajstić information content (AvgIpc) is 2.76. The van der Waals surface area contributed by atoms with Crippen molar-refractivity contribution in [3.8, 4) is 0 Å². The lowest BCUT2D eigenvalue weighted by molar-refractivity contribution is -0.118. The number of nitrogens with zero attached hydrogens (tertiary/aromatic N) is 3.